The van der Waals surface area contributed by atoms with Gasteiger partial charge in [0.25, 0.3) is 11.6 Å². The Morgan fingerprint density at radius 3 is 2.73 bits per heavy atom. The number of aryl methyl sites for hydroxylation is 1. The molecule has 1 aromatic heterocycles. The van der Waals surface area contributed by atoms with Crippen LogP contribution in [0.25, 0.3) is 0 Å². The molecule has 8 heteroatoms. The quantitative estimate of drug-likeness (QED) is 0.488. The van der Waals surface area contributed by atoms with Gasteiger partial charge >= 0.3 is 0 Å². The number of amides is 1. The fraction of sp³-hybridized carbons (Fsp3) is 0.182. The van der Waals surface area contributed by atoms with Gasteiger partial charge in [-0.1, -0.05) is 35.9 Å². The summed E-state index contributed by atoms with van der Waals surface area (Å²) >= 11 is 0. The van der Waals surface area contributed by atoms with E-state index in [1.165, 1.54) is 17.1 Å². The largest absolute Gasteiger partial charge is 0.467 e. The van der Waals surface area contributed by atoms with Gasteiger partial charge < -0.3 is 9.73 Å². The van der Waals surface area contributed by atoms with Gasteiger partial charge in [0, 0.05) is 24.2 Å². The summed E-state index contributed by atoms with van der Waals surface area (Å²) in [6, 6.07) is 17.3. The van der Waals surface area contributed by atoms with Crippen molar-refractivity contribution in [2.75, 3.05) is 11.9 Å². The normalized spacial score (nSPS) is 15.7. The summed E-state index contributed by atoms with van der Waals surface area (Å²) in [7, 11) is 0. The average Bonchev–Trinajstić information content (AvgIpc) is 3.42. The van der Waals surface area contributed by atoms with E-state index < -0.39 is 4.92 Å². The number of non-ortho nitro benzene ring substituents is 1. The molecule has 1 atom stereocenters. The van der Waals surface area contributed by atoms with Crippen molar-refractivity contribution in [1.82, 2.24) is 5.01 Å². The molecule has 0 radical (unpaired) electrons. The zero-order chi connectivity index (χ0) is 21.1. The summed E-state index contributed by atoms with van der Waals surface area (Å²) in [5, 5.41) is 19.9. The fourth-order valence-corrected chi connectivity index (χ4v) is 3.35. The Bertz CT molecular complexity index is 1090. The first kappa shape index (κ1) is 19.4. The molecule has 2 aromatic carbocycles. The van der Waals surface area contributed by atoms with Crippen molar-refractivity contribution >= 4 is 23.0 Å². The molecule has 0 bridgehead atoms. The summed E-state index contributed by atoms with van der Waals surface area (Å²) in [4.78, 5) is 23.4. The molecule has 1 N–H and O–H groups in total. The molecule has 1 aliphatic heterocycles. The highest BCUT2D eigenvalue weighted by Gasteiger charge is 2.34. The third-order valence-electron chi connectivity index (χ3n) is 4.92. The van der Waals surface area contributed by atoms with Crippen molar-refractivity contribution in [3.8, 4) is 0 Å². The van der Waals surface area contributed by atoms with Gasteiger partial charge in [-0.2, -0.15) is 5.10 Å². The number of nitro benzene ring substituents is 1. The molecule has 0 fully saturated rings. The number of carbonyl (C=O) groups is 1. The summed E-state index contributed by atoms with van der Waals surface area (Å²) < 4.78 is 5.54. The molecular formula is C22H20N4O4. The van der Waals surface area contributed by atoms with Crippen LogP contribution in [0.2, 0.25) is 0 Å². The van der Waals surface area contributed by atoms with Crippen LogP contribution in [0.1, 0.15) is 29.3 Å². The predicted molar refractivity (Wildman–Crippen MR) is 112 cm³/mol. The molecule has 152 valence electrons. The van der Waals surface area contributed by atoms with Crippen LogP contribution in [0.3, 0.4) is 0 Å². The SMILES string of the molecule is Cc1ccc(C2=NN(C(=O)CNc3cccc([N+](=O)[O-])c3)[C@@H](c3ccco3)C2)cc1. The molecule has 30 heavy (non-hydrogen) atoms. The zero-order valence-corrected chi connectivity index (χ0v) is 16.3. The van der Waals surface area contributed by atoms with Gasteiger partial charge in [0.1, 0.15) is 11.8 Å². The zero-order valence-electron chi connectivity index (χ0n) is 16.3. The number of benzene rings is 2. The fourth-order valence-electron chi connectivity index (χ4n) is 3.35. The average molecular weight is 404 g/mol. The minimum Gasteiger partial charge on any atom is -0.467 e. The van der Waals surface area contributed by atoms with Crippen molar-refractivity contribution in [1.29, 1.82) is 0 Å². The predicted octanol–water partition coefficient (Wildman–Crippen LogP) is 4.29. The van der Waals surface area contributed by atoms with E-state index in [2.05, 4.69) is 10.4 Å². The van der Waals surface area contributed by atoms with E-state index in [0.29, 0.717) is 17.9 Å². The van der Waals surface area contributed by atoms with E-state index in [0.717, 1.165) is 16.8 Å². The number of nitrogens with zero attached hydrogens (tertiary/aromatic N) is 3. The molecule has 1 amide bonds. The molecule has 8 nitrogen and oxygen atoms in total. The lowest BCUT2D eigenvalue weighted by Gasteiger charge is -2.20. The van der Waals surface area contributed by atoms with Crippen LogP contribution in [0.4, 0.5) is 11.4 Å². The Labute approximate surface area is 173 Å². The van der Waals surface area contributed by atoms with Crippen molar-refractivity contribution in [3.63, 3.8) is 0 Å². The van der Waals surface area contributed by atoms with E-state index in [4.69, 9.17) is 4.42 Å². The highest BCUT2D eigenvalue weighted by Crippen LogP contribution is 2.33. The first-order valence-corrected chi connectivity index (χ1v) is 9.49. The number of furan rings is 1. The van der Waals surface area contributed by atoms with Gasteiger partial charge in [0.15, 0.2) is 0 Å². The first-order valence-electron chi connectivity index (χ1n) is 9.49. The van der Waals surface area contributed by atoms with E-state index >= 15 is 0 Å². The smallest absolute Gasteiger partial charge is 0.271 e. The minimum atomic E-state index is -0.474. The maximum atomic E-state index is 13.0. The molecule has 0 unspecified atom stereocenters. The van der Waals surface area contributed by atoms with Crippen molar-refractivity contribution in [3.05, 3.63) is 93.9 Å². The van der Waals surface area contributed by atoms with Crippen molar-refractivity contribution in [2.45, 2.75) is 19.4 Å². The topological polar surface area (TPSA) is 101 Å². The van der Waals surface area contributed by atoms with Gasteiger partial charge in [-0.25, -0.2) is 5.01 Å². The van der Waals surface area contributed by atoms with E-state index in [-0.39, 0.29) is 24.2 Å². The second-order valence-corrected chi connectivity index (χ2v) is 7.05. The van der Waals surface area contributed by atoms with Gasteiger partial charge in [-0.3, -0.25) is 14.9 Å². The van der Waals surface area contributed by atoms with E-state index in [1.807, 2.05) is 37.3 Å². The summed E-state index contributed by atoms with van der Waals surface area (Å²) in [6.45, 7) is 1.96. The van der Waals surface area contributed by atoms with Crippen LogP contribution in [0, 0.1) is 17.0 Å². The lowest BCUT2D eigenvalue weighted by molar-refractivity contribution is -0.384. The monoisotopic (exact) mass is 404 g/mol. The molecule has 1 aliphatic rings. The number of carbonyl (C=O) groups excluding carboxylic acids is 1. The second-order valence-electron chi connectivity index (χ2n) is 7.05. The number of nitrogens with one attached hydrogen (secondary N) is 1. The molecule has 0 spiro atoms. The first-order chi connectivity index (χ1) is 14.5. The van der Waals surface area contributed by atoms with Gasteiger partial charge in [-0.15, -0.1) is 0 Å². The highest BCUT2D eigenvalue weighted by atomic mass is 16.6. The maximum absolute atomic E-state index is 13.0. The Balaban J connectivity index is 1.54. The number of nitro groups is 1. The van der Waals surface area contributed by atoms with Crippen LogP contribution in [-0.2, 0) is 4.79 Å². The van der Waals surface area contributed by atoms with Crippen molar-refractivity contribution in [2.24, 2.45) is 5.10 Å². The van der Waals surface area contributed by atoms with Crippen LogP contribution < -0.4 is 5.32 Å². The van der Waals surface area contributed by atoms with Gasteiger partial charge in [0.2, 0.25) is 0 Å². The Kier molecular flexibility index (Phi) is 5.30. The third kappa shape index (κ3) is 4.07. The van der Waals surface area contributed by atoms with Crippen LogP contribution >= 0.6 is 0 Å². The van der Waals surface area contributed by atoms with E-state index in [9.17, 15) is 14.9 Å². The van der Waals surface area contributed by atoms with Crippen LogP contribution in [-0.4, -0.2) is 28.1 Å². The molecule has 0 aliphatic carbocycles. The number of hydrogen-bond donors (Lipinski definition) is 1. The third-order valence-corrected chi connectivity index (χ3v) is 4.92. The second kappa shape index (κ2) is 8.20. The summed E-state index contributed by atoms with van der Waals surface area (Å²) in [5.41, 5.74) is 3.36. The standard InChI is InChI=1S/C22H20N4O4/c1-15-7-9-16(10-8-15)19-13-20(21-6-3-11-30-21)25(24-19)22(27)14-23-17-4-2-5-18(12-17)26(28)29/h2-12,20,23H,13-14H2,1H3/t20-/m1/s1. The summed E-state index contributed by atoms with van der Waals surface area (Å²) in [6.07, 6.45) is 2.11. The lowest BCUT2D eigenvalue weighted by Crippen LogP contribution is -2.32. The van der Waals surface area contributed by atoms with E-state index in [1.54, 1.807) is 24.5 Å². The maximum Gasteiger partial charge on any atom is 0.271 e. The van der Waals surface area contributed by atoms with Crippen LogP contribution in [0.15, 0.2) is 76.4 Å². The number of hydrogen-bond acceptors (Lipinski definition) is 6. The molecule has 0 saturated heterocycles. The number of hydrazone groups is 1. The molecule has 4 rings (SSSR count). The lowest BCUT2D eigenvalue weighted by atomic mass is 10.0. The Morgan fingerprint density at radius 2 is 2.03 bits per heavy atom. The Hall–Kier alpha value is -3.94. The number of anilines is 1. The van der Waals surface area contributed by atoms with Crippen molar-refractivity contribution < 1.29 is 14.1 Å². The molecular weight excluding hydrogens is 384 g/mol. The van der Waals surface area contributed by atoms with Gasteiger partial charge in [-0.05, 0) is 30.7 Å². The van der Waals surface area contributed by atoms with Crippen LogP contribution in [0.5, 0.6) is 0 Å². The molecule has 0 saturated carbocycles. The highest BCUT2D eigenvalue weighted by molar-refractivity contribution is 6.03. The molecule has 2 heterocycles. The Morgan fingerprint density at radius 1 is 1.23 bits per heavy atom. The van der Waals surface area contributed by atoms with Gasteiger partial charge in [0.05, 0.1) is 23.4 Å². The molecule has 3 aromatic rings. The number of rotatable bonds is 6. The minimum absolute atomic E-state index is 0.0400. The summed E-state index contributed by atoms with van der Waals surface area (Å²) in [5.74, 6) is 0.398.